The summed E-state index contributed by atoms with van der Waals surface area (Å²) in [5, 5.41) is 12.2. The fraction of sp³-hybridized carbons (Fsp3) is 0.536. The lowest BCUT2D eigenvalue weighted by atomic mass is 9.95. The summed E-state index contributed by atoms with van der Waals surface area (Å²) in [6, 6.07) is 15.6. The minimum atomic E-state index is 0.00707. The molecule has 1 amide bonds. The van der Waals surface area contributed by atoms with Gasteiger partial charge in [-0.05, 0) is 70.2 Å². The number of thiophene rings is 1. The number of nitrogens with zero attached hydrogens (tertiary/aromatic N) is 4. The average Bonchev–Trinajstić information content (AvgIpc) is 3.52. The molecule has 2 aliphatic rings. The largest absolute Gasteiger partial charge is 0.344 e. The van der Waals surface area contributed by atoms with Crippen LogP contribution < -0.4 is 5.32 Å². The van der Waals surface area contributed by atoms with Gasteiger partial charge in [0.2, 0.25) is 0 Å². The summed E-state index contributed by atoms with van der Waals surface area (Å²) in [6.07, 6.45) is 5.78. The first-order valence-electron chi connectivity index (χ1n) is 13.0. The molecule has 5 rings (SSSR count). The average molecular weight is 492 g/mol. The zero-order valence-electron chi connectivity index (χ0n) is 21.3. The quantitative estimate of drug-likeness (QED) is 0.432. The Morgan fingerprint density at radius 1 is 1.03 bits per heavy atom. The van der Waals surface area contributed by atoms with E-state index in [9.17, 15) is 4.79 Å². The smallest absolute Gasteiger partial charge is 0.251 e. The van der Waals surface area contributed by atoms with Gasteiger partial charge in [-0.3, -0.25) is 9.69 Å². The first kappa shape index (κ1) is 24.2. The number of hydrogen-bond donors (Lipinski definition) is 1. The summed E-state index contributed by atoms with van der Waals surface area (Å²) in [7, 11) is 0. The maximum Gasteiger partial charge on any atom is 0.251 e. The van der Waals surface area contributed by atoms with E-state index in [4.69, 9.17) is 0 Å². The van der Waals surface area contributed by atoms with Gasteiger partial charge in [-0.2, -0.15) is 0 Å². The number of aromatic nitrogens is 3. The van der Waals surface area contributed by atoms with E-state index in [-0.39, 0.29) is 11.9 Å². The fourth-order valence-electron chi connectivity index (χ4n) is 6.09. The molecule has 1 N–H and O–H groups in total. The second kappa shape index (κ2) is 10.2. The summed E-state index contributed by atoms with van der Waals surface area (Å²) >= 11 is 1.79. The molecule has 1 aromatic carbocycles. The molecule has 2 fully saturated rings. The predicted octanol–water partition coefficient (Wildman–Crippen LogP) is 5.81. The van der Waals surface area contributed by atoms with Crippen LogP contribution in [-0.4, -0.2) is 44.2 Å². The van der Waals surface area contributed by atoms with Crippen molar-refractivity contribution < 1.29 is 4.79 Å². The predicted molar refractivity (Wildman–Crippen MR) is 141 cm³/mol. The minimum Gasteiger partial charge on any atom is -0.344 e. The highest BCUT2D eigenvalue weighted by atomic mass is 32.1. The summed E-state index contributed by atoms with van der Waals surface area (Å²) < 4.78 is 2.42. The third-order valence-electron chi connectivity index (χ3n) is 7.76. The Balaban J connectivity index is 1.28. The van der Waals surface area contributed by atoms with Crippen LogP contribution in [-0.2, 0) is 0 Å². The van der Waals surface area contributed by atoms with Crippen LogP contribution in [0.5, 0.6) is 0 Å². The van der Waals surface area contributed by atoms with Gasteiger partial charge in [-0.15, -0.1) is 21.5 Å². The van der Waals surface area contributed by atoms with Gasteiger partial charge in [-0.1, -0.05) is 32.0 Å². The Hall–Kier alpha value is -2.51. The lowest BCUT2D eigenvalue weighted by Crippen LogP contribution is -2.45. The molecule has 2 aromatic heterocycles. The fourth-order valence-corrected chi connectivity index (χ4v) is 7.05. The van der Waals surface area contributed by atoms with Crippen LogP contribution in [0.4, 0.5) is 0 Å². The van der Waals surface area contributed by atoms with Crippen molar-refractivity contribution in [3.05, 3.63) is 69.4 Å². The van der Waals surface area contributed by atoms with E-state index in [1.54, 1.807) is 11.3 Å². The Morgan fingerprint density at radius 3 is 2.37 bits per heavy atom. The van der Waals surface area contributed by atoms with E-state index in [1.165, 1.54) is 22.6 Å². The summed E-state index contributed by atoms with van der Waals surface area (Å²) in [4.78, 5) is 18.2. The maximum atomic E-state index is 13.0. The van der Waals surface area contributed by atoms with Crippen molar-refractivity contribution in [2.45, 2.75) is 89.9 Å². The van der Waals surface area contributed by atoms with Gasteiger partial charge in [0.1, 0.15) is 11.6 Å². The van der Waals surface area contributed by atoms with Crippen LogP contribution in [0.25, 0.3) is 0 Å². The molecule has 186 valence electrons. The van der Waals surface area contributed by atoms with Crippen molar-refractivity contribution in [3.63, 3.8) is 0 Å². The lowest BCUT2D eigenvalue weighted by Gasteiger charge is -2.40. The van der Waals surface area contributed by atoms with Crippen LogP contribution in [0.1, 0.15) is 95.7 Å². The maximum absolute atomic E-state index is 13.0. The van der Waals surface area contributed by atoms with Gasteiger partial charge in [0.25, 0.3) is 5.91 Å². The molecule has 2 saturated heterocycles. The van der Waals surface area contributed by atoms with Crippen molar-refractivity contribution in [2.75, 3.05) is 6.54 Å². The molecule has 0 saturated carbocycles. The molecule has 1 unspecified atom stereocenters. The van der Waals surface area contributed by atoms with Gasteiger partial charge in [0, 0.05) is 45.9 Å². The number of amides is 1. The van der Waals surface area contributed by atoms with E-state index in [0.717, 1.165) is 43.0 Å². The molecule has 3 aromatic rings. The SMILES string of the molecule is Cc1ccc([C@H](CCN2[C@@H]3CC[C@H]2CC(n2c(C)nnc2C(C)C)C3)NC(=O)c2ccccc2)s1. The van der Waals surface area contributed by atoms with Crippen LogP contribution in [0.3, 0.4) is 0 Å². The number of aryl methyl sites for hydroxylation is 2. The molecule has 4 atom stereocenters. The normalized spacial score (nSPS) is 23.1. The number of carbonyl (C=O) groups is 1. The number of rotatable bonds is 8. The standard InChI is InChI=1S/C28H37N5OS/c1-18(2)27-31-30-20(4)33(27)24-16-22-11-12-23(17-24)32(22)15-14-25(26-13-10-19(3)35-26)29-28(34)21-8-6-5-7-9-21/h5-10,13,18,22-25H,11-12,14-17H2,1-4H3,(H,29,34)/t22-,23+,24?,25-/m0/s1. The molecular weight excluding hydrogens is 454 g/mol. The zero-order valence-corrected chi connectivity index (χ0v) is 22.1. The molecule has 0 aliphatic carbocycles. The Labute approximate surface area is 212 Å². The second-order valence-electron chi connectivity index (χ2n) is 10.5. The van der Waals surface area contributed by atoms with Crippen molar-refractivity contribution >= 4 is 17.2 Å². The molecule has 4 heterocycles. The number of benzene rings is 1. The Bertz CT molecular complexity index is 1140. The summed E-state index contributed by atoms with van der Waals surface area (Å²) in [6.45, 7) is 9.65. The minimum absolute atomic E-state index is 0.00707. The third kappa shape index (κ3) is 5.07. The monoisotopic (exact) mass is 491 g/mol. The number of carbonyl (C=O) groups excluding carboxylic acids is 1. The van der Waals surface area contributed by atoms with E-state index < -0.39 is 0 Å². The van der Waals surface area contributed by atoms with E-state index >= 15 is 0 Å². The van der Waals surface area contributed by atoms with E-state index in [2.05, 4.69) is 64.8 Å². The molecule has 0 spiro atoms. The van der Waals surface area contributed by atoms with Gasteiger partial charge in [0.05, 0.1) is 6.04 Å². The first-order chi connectivity index (χ1) is 16.9. The summed E-state index contributed by atoms with van der Waals surface area (Å²) in [5.74, 6) is 2.56. The highest BCUT2D eigenvalue weighted by molar-refractivity contribution is 7.12. The van der Waals surface area contributed by atoms with Crippen LogP contribution in [0, 0.1) is 13.8 Å². The molecule has 2 aliphatic heterocycles. The van der Waals surface area contributed by atoms with Crippen molar-refractivity contribution in [2.24, 2.45) is 0 Å². The molecule has 35 heavy (non-hydrogen) atoms. The zero-order chi connectivity index (χ0) is 24.5. The molecule has 7 heteroatoms. The number of nitrogens with one attached hydrogen (secondary N) is 1. The van der Waals surface area contributed by atoms with Crippen LogP contribution in [0.15, 0.2) is 42.5 Å². The highest BCUT2D eigenvalue weighted by Gasteiger charge is 2.42. The summed E-state index contributed by atoms with van der Waals surface area (Å²) in [5.41, 5.74) is 0.719. The van der Waals surface area contributed by atoms with Gasteiger partial charge >= 0.3 is 0 Å². The van der Waals surface area contributed by atoms with Crippen LogP contribution >= 0.6 is 11.3 Å². The number of hydrogen-bond acceptors (Lipinski definition) is 5. The second-order valence-corrected chi connectivity index (χ2v) is 11.8. The van der Waals surface area contributed by atoms with Crippen molar-refractivity contribution in [3.8, 4) is 0 Å². The molecule has 0 radical (unpaired) electrons. The number of piperidine rings is 1. The Kier molecular flexibility index (Phi) is 7.07. The van der Waals surface area contributed by atoms with E-state index in [0.29, 0.717) is 24.0 Å². The van der Waals surface area contributed by atoms with Gasteiger partial charge in [0.15, 0.2) is 0 Å². The van der Waals surface area contributed by atoms with E-state index in [1.807, 2.05) is 30.3 Å². The van der Waals surface area contributed by atoms with Crippen LogP contribution in [0.2, 0.25) is 0 Å². The first-order valence-corrected chi connectivity index (χ1v) is 13.8. The number of fused-ring (bicyclic) bond motifs is 2. The van der Waals surface area contributed by atoms with Crippen molar-refractivity contribution in [1.82, 2.24) is 25.0 Å². The topological polar surface area (TPSA) is 63.1 Å². The Morgan fingerprint density at radius 2 is 1.74 bits per heavy atom. The molecular formula is C28H37N5OS. The van der Waals surface area contributed by atoms with Gasteiger partial charge in [-0.25, -0.2) is 0 Å². The molecule has 2 bridgehead atoms. The molecule has 6 nitrogen and oxygen atoms in total. The van der Waals surface area contributed by atoms with Gasteiger partial charge < -0.3 is 9.88 Å². The highest BCUT2D eigenvalue weighted by Crippen LogP contribution is 2.42. The lowest BCUT2D eigenvalue weighted by molar-refractivity contribution is 0.0892. The van der Waals surface area contributed by atoms with Crippen molar-refractivity contribution in [1.29, 1.82) is 0 Å². The third-order valence-corrected chi connectivity index (χ3v) is 8.87.